The highest BCUT2D eigenvalue weighted by Crippen LogP contribution is 2.35. The van der Waals surface area contributed by atoms with Crippen molar-refractivity contribution in [2.45, 2.75) is 44.6 Å². The second-order valence-corrected chi connectivity index (χ2v) is 6.63. The first kappa shape index (κ1) is 13.1. The average Bonchev–Trinajstić information content (AvgIpc) is 2.86. The van der Waals surface area contributed by atoms with Gasteiger partial charge in [0.15, 0.2) is 0 Å². The number of rotatable bonds is 1. The predicted octanol–water partition coefficient (Wildman–Crippen LogP) is 3.23. The lowest BCUT2D eigenvalue weighted by Gasteiger charge is -2.43. The van der Waals surface area contributed by atoms with Crippen molar-refractivity contribution in [1.29, 1.82) is 0 Å². The fraction of sp³-hybridized carbons (Fsp3) is 0.667. The van der Waals surface area contributed by atoms with Crippen molar-refractivity contribution >= 4 is 17.2 Å². The molecule has 3 heterocycles. The van der Waals surface area contributed by atoms with Crippen molar-refractivity contribution < 1.29 is 9.53 Å². The number of piperidine rings is 1. The number of likely N-dealkylation sites (tertiary alicyclic amines) is 1. The van der Waals surface area contributed by atoms with Gasteiger partial charge in [0.1, 0.15) is 0 Å². The number of ether oxygens (including phenoxy) is 1. The second-order valence-electron chi connectivity index (χ2n) is 5.71. The van der Waals surface area contributed by atoms with Crippen LogP contribution in [0.1, 0.15) is 47.3 Å². The molecule has 1 spiro atoms. The van der Waals surface area contributed by atoms with Gasteiger partial charge in [-0.05, 0) is 56.0 Å². The van der Waals surface area contributed by atoms with E-state index >= 15 is 0 Å². The van der Waals surface area contributed by atoms with E-state index in [2.05, 4.69) is 0 Å². The number of amides is 1. The van der Waals surface area contributed by atoms with E-state index in [1.165, 1.54) is 19.3 Å². The Labute approximate surface area is 118 Å². The van der Waals surface area contributed by atoms with Gasteiger partial charge in [0.25, 0.3) is 5.91 Å². The molecule has 0 aromatic carbocycles. The first-order chi connectivity index (χ1) is 9.20. The number of nitrogens with zero attached hydrogens (tertiary/aromatic N) is 1. The second kappa shape index (κ2) is 5.25. The minimum absolute atomic E-state index is 0.0829. The molecule has 0 radical (unpaired) electrons. The molecule has 0 N–H and O–H groups in total. The van der Waals surface area contributed by atoms with Gasteiger partial charge in [-0.3, -0.25) is 4.79 Å². The molecule has 3 nitrogen and oxygen atoms in total. The third-order valence-electron chi connectivity index (χ3n) is 4.45. The molecule has 1 amide bonds. The fourth-order valence-corrected chi connectivity index (χ4v) is 4.05. The summed E-state index contributed by atoms with van der Waals surface area (Å²) in [4.78, 5) is 15.4. The molecule has 0 aliphatic carbocycles. The Bertz CT molecular complexity index is 452. The first-order valence-corrected chi connectivity index (χ1v) is 8.06. The zero-order valence-corrected chi connectivity index (χ0v) is 12.3. The van der Waals surface area contributed by atoms with Crippen LogP contribution in [0, 0.1) is 6.92 Å². The van der Waals surface area contributed by atoms with Crippen LogP contribution in [0.4, 0.5) is 0 Å². The molecule has 2 saturated heterocycles. The summed E-state index contributed by atoms with van der Waals surface area (Å²) in [5.74, 6) is 0.207. The Balaban J connectivity index is 1.64. The molecule has 0 saturated carbocycles. The Morgan fingerprint density at radius 1 is 1.32 bits per heavy atom. The normalized spacial score (nSPS) is 22.7. The SMILES string of the molecule is Cc1ccsc1C(=O)N1CCC2(CCCCO2)CC1. The number of thiophene rings is 1. The molecule has 19 heavy (non-hydrogen) atoms. The fourth-order valence-electron chi connectivity index (χ4n) is 3.16. The molecule has 2 aliphatic rings. The van der Waals surface area contributed by atoms with Crippen LogP contribution in [0.3, 0.4) is 0 Å². The van der Waals surface area contributed by atoms with E-state index in [4.69, 9.17) is 4.74 Å². The Morgan fingerprint density at radius 3 is 2.68 bits per heavy atom. The summed E-state index contributed by atoms with van der Waals surface area (Å²) in [5.41, 5.74) is 1.18. The summed E-state index contributed by atoms with van der Waals surface area (Å²) in [6.45, 7) is 4.60. The number of hydrogen-bond donors (Lipinski definition) is 0. The maximum Gasteiger partial charge on any atom is 0.264 e. The molecule has 2 fully saturated rings. The van der Waals surface area contributed by atoms with E-state index in [0.29, 0.717) is 0 Å². The van der Waals surface area contributed by atoms with Crippen molar-refractivity contribution in [3.63, 3.8) is 0 Å². The van der Waals surface area contributed by atoms with Gasteiger partial charge in [-0.25, -0.2) is 0 Å². The van der Waals surface area contributed by atoms with Crippen LogP contribution < -0.4 is 0 Å². The average molecular weight is 279 g/mol. The molecule has 2 aliphatic heterocycles. The monoisotopic (exact) mass is 279 g/mol. The maximum absolute atomic E-state index is 12.4. The summed E-state index contributed by atoms with van der Waals surface area (Å²) in [6.07, 6.45) is 5.65. The van der Waals surface area contributed by atoms with Crippen molar-refractivity contribution in [2.24, 2.45) is 0 Å². The molecular weight excluding hydrogens is 258 g/mol. The summed E-state index contributed by atoms with van der Waals surface area (Å²) in [6, 6.07) is 2.02. The number of carbonyl (C=O) groups is 1. The highest BCUT2D eigenvalue weighted by Gasteiger charge is 2.38. The van der Waals surface area contributed by atoms with Crippen LogP contribution in [-0.4, -0.2) is 36.1 Å². The standard InChI is InChI=1S/C15H21NO2S/c1-12-4-11-19-13(12)14(17)16-8-6-15(7-9-16)5-2-3-10-18-15/h4,11H,2-3,5-10H2,1H3. The maximum atomic E-state index is 12.4. The number of aryl methyl sites for hydroxylation is 1. The first-order valence-electron chi connectivity index (χ1n) is 7.18. The van der Waals surface area contributed by atoms with Crippen molar-refractivity contribution in [1.82, 2.24) is 4.90 Å². The zero-order valence-electron chi connectivity index (χ0n) is 11.5. The number of hydrogen-bond acceptors (Lipinski definition) is 3. The van der Waals surface area contributed by atoms with Gasteiger partial charge in [-0.15, -0.1) is 11.3 Å². The Morgan fingerprint density at radius 2 is 2.11 bits per heavy atom. The molecule has 0 atom stereocenters. The van der Waals surface area contributed by atoms with Crippen LogP contribution in [0.15, 0.2) is 11.4 Å². The van der Waals surface area contributed by atoms with E-state index in [-0.39, 0.29) is 11.5 Å². The van der Waals surface area contributed by atoms with Crippen molar-refractivity contribution in [3.8, 4) is 0 Å². The predicted molar refractivity (Wildman–Crippen MR) is 76.7 cm³/mol. The molecule has 1 aromatic rings. The van der Waals surface area contributed by atoms with Gasteiger partial charge in [-0.1, -0.05) is 0 Å². The van der Waals surface area contributed by atoms with Gasteiger partial charge >= 0.3 is 0 Å². The summed E-state index contributed by atoms with van der Waals surface area (Å²) in [7, 11) is 0. The topological polar surface area (TPSA) is 29.5 Å². The zero-order chi connectivity index (χ0) is 13.3. The van der Waals surface area contributed by atoms with Gasteiger partial charge in [0, 0.05) is 19.7 Å². The van der Waals surface area contributed by atoms with Gasteiger partial charge in [0.2, 0.25) is 0 Å². The molecule has 3 rings (SSSR count). The Hall–Kier alpha value is -0.870. The van der Waals surface area contributed by atoms with Crippen LogP contribution >= 0.6 is 11.3 Å². The third-order valence-corrected chi connectivity index (χ3v) is 5.46. The lowest BCUT2D eigenvalue weighted by Crippen LogP contribution is -2.49. The van der Waals surface area contributed by atoms with Gasteiger partial charge in [-0.2, -0.15) is 0 Å². The van der Waals surface area contributed by atoms with E-state index in [0.717, 1.165) is 43.0 Å². The van der Waals surface area contributed by atoms with Crippen LogP contribution in [0.2, 0.25) is 0 Å². The quantitative estimate of drug-likeness (QED) is 0.790. The van der Waals surface area contributed by atoms with Crippen molar-refractivity contribution in [3.05, 3.63) is 21.9 Å². The van der Waals surface area contributed by atoms with E-state index < -0.39 is 0 Å². The molecule has 4 heteroatoms. The molecule has 104 valence electrons. The minimum Gasteiger partial charge on any atom is -0.375 e. The minimum atomic E-state index is 0.0829. The summed E-state index contributed by atoms with van der Waals surface area (Å²) < 4.78 is 6.01. The summed E-state index contributed by atoms with van der Waals surface area (Å²) >= 11 is 1.56. The molecule has 0 unspecified atom stereocenters. The van der Waals surface area contributed by atoms with E-state index in [9.17, 15) is 4.79 Å². The van der Waals surface area contributed by atoms with Crippen LogP contribution in [-0.2, 0) is 4.74 Å². The molecule has 1 aromatic heterocycles. The van der Waals surface area contributed by atoms with E-state index in [1.807, 2.05) is 23.3 Å². The highest BCUT2D eigenvalue weighted by atomic mass is 32.1. The van der Waals surface area contributed by atoms with Crippen LogP contribution in [0.25, 0.3) is 0 Å². The van der Waals surface area contributed by atoms with Crippen LogP contribution in [0.5, 0.6) is 0 Å². The number of carbonyl (C=O) groups excluding carboxylic acids is 1. The third kappa shape index (κ3) is 2.56. The van der Waals surface area contributed by atoms with E-state index in [1.54, 1.807) is 11.3 Å². The highest BCUT2D eigenvalue weighted by molar-refractivity contribution is 7.12. The largest absolute Gasteiger partial charge is 0.375 e. The van der Waals surface area contributed by atoms with Gasteiger partial charge < -0.3 is 9.64 Å². The summed E-state index contributed by atoms with van der Waals surface area (Å²) in [5, 5.41) is 2.00. The Kier molecular flexibility index (Phi) is 3.63. The van der Waals surface area contributed by atoms with Gasteiger partial charge in [0.05, 0.1) is 10.5 Å². The molecular formula is C15H21NO2S. The lowest BCUT2D eigenvalue weighted by atomic mass is 9.84. The lowest BCUT2D eigenvalue weighted by molar-refractivity contribution is -0.107. The molecule has 0 bridgehead atoms. The van der Waals surface area contributed by atoms with Crippen molar-refractivity contribution in [2.75, 3.05) is 19.7 Å². The smallest absolute Gasteiger partial charge is 0.264 e.